The lowest BCUT2D eigenvalue weighted by molar-refractivity contribution is 0.162. The number of benzene rings is 1. The normalized spacial score (nSPS) is 12.8. The van der Waals surface area contributed by atoms with Gasteiger partial charge in [0.1, 0.15) is 6.61 Å². The van der Waals surface area contributed by atoms with E-state index in [1.54, 1.807) is 24.3 Å². The summed E-state index contributed by atoms with van der Waals surface area (Å²) in [6.45, 7) is 9.51. The Bertz CT molecular complexity index is 540. The van der Waals surface area contributed by atoms with Crippen molar-refractivity contribution in [2.24, 2.45) is 10.7 Å². The molecule has 122 valence electrons. The molecule has 1 rings (SSSR count). The molecule has 1 aromatic rings. The SMILES string of the molecule is CCN(CC)CCOC(N)=CC(C)=Nc1ccc(Cl)c(Cl)c1. The van der Waals surface area contributed by atoms with E-state index in [0.717, 1.165) is 31.0 Å². The first-order valence-electron chi connectivity index (χ1n) is 7.28. The quantitative estimate of drug-likeness (QED) is 0.567. The Morgan fingerprint density at radius 3 is 2.55 bits per heavy atom. The smallest absolute Gasteiger partial charge is 0.185 e. The molecule has 0 amide bonds. The van der Waals surface area contributed by atoms with E-state index < -0.39 is 0 Å². The molecule has 0 unspecified atom stereocenters. The van der Waals surface area contributed by atoms with E-state index >= 15 is 0 Å². The number of rotatable bonds is 8. The van der Waals surface area contributed by atoms with Crippen molar-refractivity contribution in [3.63, 3.8) is 0 Å². The molecular weight excluding hydrogens is 321 g/mol. The summed E-state index contributed by atoms with van der Waals surface area (Å²) in [6.07, 6.45) is 1.70. The van der Waals surface area contributed by atoms with Crippen LogP contribution in [0.2, 0.25) is 10.0 Å². The predicted molar refractivity (Wildman–Crippen MR) is 95.2 cm³/mol. The molecule has 0 radical (unpaired) electrons. The van der Waals surface area contributed by atoms with Crippen LogP contribution in [0, 0.1) is 0 Å². The van der Waals surface area contributed by atoms with Gasteiger partial charge in [-0.3, -0.25) is 4.99 Å². The lowest BCUT2D eigenvalue weighted by atomic mass is 10.3. The maximum Gasteiger partial charge on any atom is 0.185 e. The standard InChI is InChI=1S/C16H23Cl2N3O/c1-4-21(5-2)8-9-22-16(19)10-12(3)20-13-6-7-14(17)15(18)11-13/h6-7,10-11H,4-5,8-9,19H2,1-3H3. The van der Waals surface area contributed by atoms with E-state index in [1.165, 1.54) is 0 Å². The van der Waals surface area contributed by atoms with Gasteiger partial charge in [-0.05, 0) is 38.2 Å². The summed E-state index contributed by atoms with van der Waals surface area (Å²) in [6, 6.07) is 5.21. The van der Waals surface area contributed by atoms with Gasteiger partial charge in [-0.15, -0.1) is 0 Å². The predicted octanol–water partition coefficient (Wildman–Crippen LogP) is 4.24. The third-order valence-corrected chi connectivity index (χ3v) is 3.87. The van der Waals surface area contributed by atoms with Gasteiger partial charge in [0, 0.05) is 18.3 Å². The van der Waals surface area contributed by atoms with Crippen LogP contribution in [0.5, 0.6) is 0 Å². The monoisotopic (exact) mass is 343 g/mol. The Kier molecular flexibility index (Phi) is 8.31. The molecule has 1 aromatic carbocycles. The van der Waals surface area contributed by atoms with Crippen LogP contribution >= 0.6 is 23.2 Å². The first-order chi connectivity index (χ1) is 10.5. The van der Waals surface area contributed by atoms with E-state index in [-0.39, 0.29) is 0 Å². The summed E-state index contributed by atoms with van der Waals surface area (Å²) in [5, 5.41) is 0.983. The molecule has 0 aliphatic carbocycles. The van der Waals surface area contributed by atoms with E-state index in [2.05, 4.69) is 23.7 Å². The zero-order valence-corrected chi connectivity index (χ0v) is 14.8. The number of nitrogens with zero attached hydrogens (tertiary/aromatic N) is 2. The number of hydrogen-bond donors (Lipinski definition) is 1. The van der Waals surface area contributed by atoms with Crippen molar-refractivity contribution in [2.75, 3.05) is 26.2 Å². The highest BCUT2D eigenvalue weighted by molar-refractivity contribution is 6.42. The molecule has 0 spiro atoms. The van der Waals surface area contributed by atoms with Crippen molar-refractivity contribution in [3.05, 3.63) is 40.2 Å². The van der Waals surface area contributed by atoms with Gasteiger partial charge >= 0.3 is 0 Å². The number of nitrogens with two attached hydrogens (primary N) is 1. The van der Waals surface area contributed by atoms with Crippen molar-refractivity contribution in [1.82, 2.24) is 4.90 Å². The van der Waals surface area contributed by atoms with Crippen LogP contribution in [0.25, 0.3) is 0 Å². The van der Waals surface area contributed by atoms with Gasteiger partial charge in [0.2, 0.25) is 0 Å². The second kappa shape index (κ2) is 9.72. The average molecular weight is 344 g/mol. The number of aliphatic imine (C=N–C) groups is 1. The lowest BCUT2D eigenvalue weighted by Gasteiger charge is -2.17. The maximum absolute atomic E-state index is 5.96. The zero-order valence-electron chi connectivity index (χ0n) is 13.3. The molecule has 2 N–H and O–H groups in total. The largest absolute Gasteiger partial charge is 0.478 e. The first-order valence-corrected chi connectivity index (χ1v) is 8.04. The van der Waals surface area contributed by atoms with Crippen molar-refractivity contribution < 1.29 is 4.74 Å². The summed E-state index contributed by atoms with van der Waals surface area (Å²) >= 11 is 11.8. The highest BCUT2D eigenvalue weighted by Gasteiger charge is 2.01. The fourth-order valence-corrected chi connectivity index (χ4v) is 2.16. The van der Waals surface area contributed by atoms with E-state index in [4.69, 9.17) is 33.7 Å². The second-order valence-corrected chi connectivity index (χ2v) is 5.59. The molecule has 0 aliphatic heterocycles. The van der Waals surface area contributed by atoms with Gasteiger partial charge in [0.25, 0.3) is 0 Å². The molecule has 0 bridgehead atoms. The molecule has 4 nitrogen and oxygen atoms in total. The van der Waals surface area contributed by atoms with Crippen LogP contribution in [0.3, 0.4) is 0 Å². The Hall–Kier alpha value is -1.23. The van der Waals surface area contributed by atoms with E-state index in [1.807, 2.05) is 6.92 Å². The Morgan fingerprint density at radius 1 is 1.27 bits per heavy atom. The second-order valence-electron chi connectivity index (χ2n) is 4.77. The molecule has 0 atom stereocenters. The summed E-state index contributed by atoms with van der Waals surface area (Å²) < 4.78 is 5.50. The van der Waals surface area contributed by atoms with Gasteiger partial charge in [-0.1, -0.05) is 37.0 Å². The number of ether oxygens (including phenoxy) is 1. The number of likely N-dealkylation sites (N-methyl/N-ethyl adjacent to an activating group) is 1. The van der Waals surface area contributed by atoms with Gasteiger partial charge in [-0.25, -0.2) is 0 Å². The highest BCUT2D eigenvalue weighted by atomic mass is 35.5. The fourth-order valence-electron chi connectivity index (χ4n) is 1.87. The summed E-state index contributed by atoms with van der Waals surface area (Å²) in [5.74, 6) is 0.355. The van der Waals surface area contributed by atoms with Gasteiger partial charge in [0.05, 0.1) is 15.7 Å². The van der Waals surface area contributed by atoms with Crippen LogP contribution in [-0.2, 0) is 4.74 Å². The fraction of sp³-hybridized carbons (Fsp3) is 0.438. The van der Waals surface area contributed by atoms with Gasteiger partial charge < -0.3 is 15.4 Å². The number of halogens is 2. The maximum atomic E-state index is 5.96. The molecule has 0 aliphatic rings. The Labute approximate surface area is 142 Å². The van der Waals surface area contributed by atoms with Crippen LogP contribution in [0.1, 0.15) is 20.8 Å². The summed E-state index contributed by atoms with van der Waals surface area (Å²) in [4.78, 5) is 6.67. The zero-order chi connectivity index (χ0) is 16.5. The van der Waals surface area contributed by atoms with Crippen LogP contribution < -0.4 is 5.73 Å². The molecule has 0 saturated carbocycles. The summed E-state index contributed by atoms with van der Waals surface area (Å²) in [5.41, 5.74) is 7.30. The number of allylic oxidation sites excluding steroid dienone is 1. The van der Waals surface area contributed by atoms with Crippen LogP contribution in [-0.4, -0.2) is 36.9 Å². The van der Waals surface area contributed by atoms with Crippen molar-refractivity contribution in [3.8, 4) is 0 Å². The minimum atomic E-state index is 0.355. The van der Waals surface area contributed by atoms with Crippen LogP contribution in [0.15, 0.2) is 35.2 Å². The topological polar surface area (TPSA) is 50.9 Å². The molecule has 22 heavy (non-hydrogen) atoms. The van der Waals surface area contributed by atoms with Crippen molar-refractivity contribution in [2.45, 2.75) is 20.8 Å². The Morgan fingerprint density at radius 2 is 1.95 bits per heavy atom. The van der Waals surface area contributed by atoms with Gasteiger partial charge in [0.15, 0.2) is 5.88 Å². The molecule has 0 heterocycles. The van der Waals surface area contributed by atoms with Crippen molar-refractivity contribution in [1.29, 1.82) is 0 Å². The number of hydrogen-bond acceptors (Lipinski definition) is 4. The van der Waals surface area contributed by atoms with Crippen LogP contribution in [0.4, 0.5) is 5.69 Å². The average Bonchev–Trinajstić information content (AvgIpc) is 2.47. The third kappa shape index (κ3) is 6.69. The van der Waals surface area contributed by atoms with E-state index in [9.17, 15) is 0 Å². The third-order valence-electron chi connectivity index (χ3n) is 3.13. The molecule has 0 saturated heterocycles. The minimum Gasteiger partial charge on any atom is -0.478 e. The highest BCUT2D eigenvalue weighted by Crippen LogP contribution is 2.26. The first kappa shape index (κ1) is 18.8. The Balaban J connectivity index is 2.58. The summed E-state index contributed by atoms with van der Waals surface area (Å²) in [7, 11) is 0. The van der Waals surface area contributed by atoms with E-state index in [0.29, 0.717) is 22.5 Å². The van der Waals surface area contributed by atoms with Crippen molar-refractivity contribution >= 4 is 34.6 Å². The molecule has 6 heteroatoms. The molecule has 0 fully saturated rings. The lowest BCUT2D eigenvalue weighted by Crippen LogP contribution is -2.27. The molecular formula is C16H23Cl2N3O. The minimum absolute atomic E-state index is 0.355. The van der Waals surface area contributed by atoms with Gasteiger partial charge in [-0.2, -0.15) is 0 Å². The molecule has 0 aromatic heterocycles.